The van der Waals surface area contributed by atoms with Gasteiger partial charge in [-0.2, -0.15) is 0 Å². The van der Waals surface area contributed by atoms with Gasteiger partial charge in [-0.1, -0.05) is 38.5 Å². The fourth-order valence-corrected chi connectivity index (χ4v) is 2.55. The van der Waals surface area contributed by atoms with Gasteiger partial charge in [0.05, 0.1) is 4.92 Å². The maximum atomic E-state index is 10.6. The summed E-state index contributed by atoms with van der Waals surface area (Å²) in [7, 11) is 4.26. The lowest BCUT2D eigenvalue weighted by Crippen LogP contribution is -2.12. The summed E-state index contributed by atoms with van der Waals surface area (Å²) in [4.78, 5) is 12.4. The molecule has 0 aromatic heterocycles. The van der Waals surface area contributed by atoms with Crippen LogP contribution in [0.1, 0.15) is 51.4 Å². The Morgan fingerprint density at radius 3 is 1.96 bits per heavy atom. The van der Waals surface area contributed by atoms with E-state index in [1.807, 2.05) is 0 Å². The molecule has 1 N–H and O–H groups in total. The fourth-order valence-electron chi connectivity index (χ4n) is 2.55. The molecule has 0 saturated heterocycles. The van der Waals surface area contributed by atoms with Crippen LogP contribution in [0.25, 0.3) is 0 Å². The summed E-state index contributed by atoms with van der Waals surface area (Å²) < 4.78 is 0. The van der Waals surface area contributed by atoms with E-state index in [1.54, 1.807) is 24.3 Å². The molecule has 0 bridgehead atoms. The number of non-ortho nitro benzene ring substituents is 1. The first-order valence-electron chi connectivity index (χ1n) is 8.72. The van der Waals surface area contributed by atoms with Crippen molar-refractivity contribution < 1.29 is 4.92 Å². The topological polar surface area (TPSA) is 58.4 Å². The highest BCUT2D eigenvalue weighted by molar-refractivity contribution is 5.48. The largest absolute Gasteiger partial charge is 0.385 e. The van der Waals surface area contributed by atoms with E-state index in [9.17, 15) is 10.1 Å². The Hall–Kier alpha value is -1.62. The standard InChI is InChI=1S/C18H31N3O2/c1-20(2)16-10-8-6-4-3-5-7-9-15-19-17-11-13-18(14-12-17)21(22)23/h11-14,19H,3-10,15-16H2,1-2H3. The SMILES string of the molecule is CN(C)CCCCCCCCCCNc1ccc([N+](=O)[O-])cc1. The van der Waals surface area contributed by atoms with E-state index >= 15 is 0 Å². The van der Waals surface area contributed by atoms with Crippen molar-refractivity contribution in [1.29, 1.82) is 0 Å². The second-order valence-corrected chi connectivity index (χ2v) is 6.36. The molecule has 130 valence electrons. The fraction of sp³-hybridized carbons (Fsp3) is 0.667. The number of nitrogens with one attached hydrogen (secondary N) is 1. The van der Waals surface area contributed by atoms with Crippen LogP contribution in [0, 0.1) is 10.1 Å². The number of unbranched alkanes of at least 4 members (excludes halogenated alkanes) is 7. The average Bonchev–Trinajstić information content (AvgIpc) is 2.52. The maximum absolute atomic E-state index is 10.6. The van der Waals surface area contributed by atoms with Crippen molar-refractivity contribution in [2.45, 2.75) is 51.4 Å². The maximum Gasteiger partial charge on any atom is 0.269 e. The van der Waals surface area contributed by atoms with Crippen molar-refractivity contribution in [3.05, 3.63) is 34.4 Å². The predicted molar refractivity (Wildman–Crippen MR) is 97.1 cm³/mol. The van der Waals surface area contributed by atoms with Crippen LogP contribution in [0.15, 0.2) is 24.3 Å². The second kappa shape index (κ2) is 11.9. The van der Waals surface area contributed by atoms with Gasteiger partial charge < -0.3 is 10.2 Å². The van der Waals surface area contributed by atoms with Crippen LogP contribution in [0.2, 0.25) is 0 Å². The van der Waals surface area contributed by atoms with Crippen LogP contribution >= 0.6 is 0 Å². The molecular formula is C18H31N3O2. The zero-order valence-electron chi connectivity index (χ0n) is 14.6. The lowest BCUT2D eigenvalue weighted by molar-refractivity contribution is -0.384. The molecule has 0 amide bonds. The Kier molecular flexibility index (Phi) is 10.0. The molecule has 0 saturated carbocycles. The number of anilines is 1. The molecule has 23 heavy (non-hydrogen) atoms. The molecule has 0 aliphatic heterocycles. The zero-order chi connectivity index (χ0) is 16.9. The summed E-state index contributed by atoms with van der Waals surface area (Å²) in [5.41, 5.74) is 1.10. The lowest BCUT2D eigenvalue weighted by atomic mass is 10.1. The molecule has 5 heteroatoms. The Bertz CT molecular complexity index is 432. The lowest BCUT2D eigenvalue weighted by Gasteiger charge is -2.08. The van der Waals surface area contributed by atoms with Crippen molar-refractivity contribution in [3.8, 4) is 0 Å². The molecule has 0 radical (unpaired) electrons. The van der Waals surface area contributed by atoms with Gasteiger partial charge in [-0.25, -0.2) is 0 Å². The van der Waals surface area contributed by atoms with Gasteiger partial charge in [0.15, 0.2) is 0 Å². The van der Waals surface area contributed by atoms with E-state index in [-0.39, 0.29) is 10.6 Å². The van der Waals surface area contributed by atoms with E-state index in [0.29, 0.717) is 0 Å². The minimum atomic E-state index is -0.371. The number of rotatable bonds is 13. The van der Waals surface area contributed by atoms with E-state index in [0.717, 1.165) is 18.7 Å². The van der Waals surface area contributed by atoms with Crippen molar-refractivity contribution in [2.75, 3.05) is 32.5 Å². The van der Waals surface area contributed by atoms with Gasteiger partial charge in [-0.15, -0.1) is 0 Å². The zero-order valence-corrected chi connectivity index (χ0v) is 14.6. The highest BCUT2D eigenvalue weighted by Crippen LogP contribution is 2.15. The van der Waals surface area contributed by atoms with E-state index < -0.39 is 0 Å². The monoisotopic (exact) mass is 321 g/mol. The van der Waals surface area contributed by atoms with Gasteiger partial charge in [0, 0.05) is 24.4 Å². The Morgan fingerprint density at radius 1 is 0.913 bits per heavy atom. The molecule has 1 rings (SSSR count). The Labute approximate surface area is 140 Å². The second-order valence-electron chi connectivity index (χ2n) is 6.36. The van der Waals surface area contributed by atoms with E-state index in [4.69, 9.17) is 0 Å². The van der Waals surface area contributed by atoms with E-state index in [2.05, 4.69) is 24.3 Å². The summed E-state index contributed by atoms with van der Waals surface area (Å²) in [5.74, 6) is 0. The van der Waals surface area contributed by atoms with Gasteiger partial charge in [-0.3, -0.25) is 10.1 Å². The third-order valence-electron chi connectivity index (χ3n) is 3.94. The Balaban J connectivity index is 1.92. The average molecular weight is 321 g/mol. The number of nitro benzene ring substituents is 1. The number of nitrogens with zero attached hydrogens (tertiary/aromatic N) is 2. The third kappa shape index (κ3) is 9.89. The van der Waals surface area contributed by atoms with E-state index in [1.165, 1.54) is 51.5 Å². The number of nitro groups is 1. The Morgan fingerprint density at radius 2 is 1.43 bits per heavy atom. The summed E-state index contributed by atoms with van der Waals surface area (Å²) in [6, 6.07) is 6.62. The van der Waals surface area contributed by atoms with Crippen LogP contribution in [0.3, 0.4) is 0 Å². The van der Waals surface area contributed by atoms with Gasteiger partial charge >= 0.3 is 0 Å². The van der Waals surface area contributed by atoms with Crippen LogP contribution in [0.4, 0.5) is 11.4 Å². The first kappa shape index (κ1) is 19.4. The van der Waals surface area contributed by atoms with Crippen molar-refractivity contribution >= 4 is 11.4 Å². The van der Waals surface area contributed by atoms with Crippen LogP contribution in [-0.2, 0) is 0 Å². The highest BCUT2D eigenvalue weighted by Gasteiger charge is 2.03. The minimum Gasteiger partial charge on any atom is -0.385 e. The summed E-state index contributed by atoms with van der Waals surface area (Å²) in [5, 5.41) is 13.9. The molecule has 0 unspecified atom stereocenters. The molecule has 1 aromatic rings. The summed E-state index contributed by atoms with van der Waals surface area (Å²) >= 11 is 0. The normalized spacial score (nSPS) is 10.9. The molecule has 0 atom stereocenters. The molecule has 0 fully saturated rings. The predicted octanol–water partition coefficient (Wildman–Crippen LogP) is 4.69. The van der Waals surface area contributed by atoms with Gasteiger partial charge in [0.25, 0.3) is 5.69 Å². The summed E-state index contributed by atoms with van der Waals surface area (Å²) in [6.45, 7) is 2.13. The molecule has 5 nitrogen and oxygen atoms in total. The van der Waals surface area contributed by atoms with Crippen molar-refractivity contribution in [3.63, 3.8) is 0 Å². The van der Waals surface area contributed by atoms with Crippen molar-refractivity contribution in [2.24, 2.45) is 0 Å². The van der Waals surface area contributed by atoms with Crippen molar-refractivity contribution in [1.82, 2.24) is 4.90 Å². The van der Waals surface area contributed by atoms with Gasteiger partial charge in [0.2, 0.25) is 0 Å². The minimum absolute atomic E-state index is 0.140. The smallest absolute Gasteiger partial charge is 0.269 e. The molecule has 0 spiro atoms. The molecule has 0 aliphatic carbocycles. The van der Waals surface area contributed by atoms with Crippen LogP contribution in [-0.4, -0.2) is 37.0 Å². The molecule has 1 aromatic carbocycles. The summed E-state index contributed by atoms with van der Waals surface area (Å²) in [6.07, 6.45) is 10.4. The molecule has 0 heterocycles. The number of hydrogen-bond acceptors (Lipinski definition) is 4. The number of hydrogen-bond donors (Lipinski definition) is 1. The van der Waals surface area contributed by atoms with Gasteiger partial charge in [-0.05, 0) is 45.6 Å². The first-order valence-corrected chi connectivity index (χ1v) is 8.72. The number of benzene rings is 1. The first-order chi connectivity index (χ1) is 11.1. The van der Waals surface area contributed by atoms with Crippen LogP contribution < -0.4 is 5.32 Å². The highest BCUT2D eigenvalue weighted by atomic mass is 16.6. The third-order valence-corrected chi connectivity index (χ3v) is 3.94. The quantitative estimate of drug-likeness (QED) is 0.325. The molecular weight excluding hydrogens is 290 g/mol. The molecule has 0 aliphatic rings. The van der Waals surface area contributed by atoms with Crippen LogP contribution in [0.5, 0.6) is 0 Å². The van der Waals surface area contributed by atoms with Gasteiger partial charge in [0.1, 0.15) is 0 Å².